The first-order valence-corrected chi connectivity index (χ1v) is 5.63. The van der Waals surface area contributed by atoms with Gasteiger partial charge in [-0.05, 0) is 12.8 Å². The van der Waals surface area contributed by atoms with Crippen molar-refractivity contribution in [2.75, 3.05) is 13.2 Å². The van der Waals surface area contributed by atoms with Gasteiger partial charge < -0.3 is 10.1 Å². The Morgan fingerprint density at radius 1 is 1.53 bits per heavy atom. The lowest BCUT2D eigenvalue weighted by Gasteiger charge is -2.23. The number of hydrogen-bond donors (Lipinski definition) is 1. The minimum atomic E-state index is -0.220. The SMILES string of the molecule is O=C(Cn1cnccc1=O)NC1CCOCC1. The molecule has 0 unspecified atom stereocenters. The lowest BCUT2D eigenvalue weighted by Crippen LogP contribution is -2.41. The summed E-state index contributed by atoms with van der Waals surface area (Å²) in [6, 6.07) is 1.49. The molecule has 2 rings (SSSR count). The van der Waals surface area contributed by atoms with E-state index in [-0.39, 0.29) is 24.1 Å². The Kier molecular flexibility index (Phi) is 3.87. The van der Waals surface area contributed by atoms with E-state index in [0.29, 0.717) is 13.2 Å². The molecule has 17 heavy (non-hydrogen) atoms. The number of carbonyl (C=O) groups is 1. The first-order chi connectivity index (χ1) is 8.25. The minimum Gasteiger partial charge on any atom is -0.381 e. The lowest BCUT2D eigenvalue weighted by molar-refractivity contribution is -0.123. The van der Waals surface area contributed by atoms with Gasteiger partial charge in [0.15, 0.2) is 0 Å². The normalized spacial score (nSPS) is 16.7. The van der Waals surface area contributed by atoms with Crippen molar-refractivity contribution >= 4 is 5.91 Å². The van der Waals surface area contributed by atoms with Crippen molar-refractivity contribution in [1.82, 2.24) is 14.9 Å². The fraction of sp³-hybridized carbons (Fsp3) is 0.545. The second kappa shape index (κ2) is 5.58. The van der Waals surface area contributed by atoms with Gasteiger partial charge in [0.05, 0.1) is 6.33 Å². The number of rotatable bonds is 3. The third-order valence-electron chi connectivity index (χ3n) is 2.69. The molecule has 1 saturated heterocycles. The van der Waals surface area contributed by atoms with Crippen LogP contribution in [0.3, 0.4) is 0 Å². The van der Waals surface area contributed by atoms with E-state index in [4.69, 9.17) is 4.74 Å². The molecule has 2 heterocycles. The Balaban J connectivity index is 1.89. The van der Waals surface area contributed by atoms with Crippen LogP contribution in [0.2, 0.25) is 0 Å². The van der Waals surface area contributed by atoms with Gasteiger partial charge in [-0.1, -0.05) is 0 Å². The molecule has 6 nitrogen and oxygen atoms in total. The predicted molar refractivity (Wildman–Crippen MR) is 60.5 cm³/mol. The van der Waals surface area contributed by atoms with Gasteiger partial charge in [0, 0.05) is 31.5 Å². The molecule has 0 aliphatic carbocycles. The Labute approximate surface area is 98.6 Å². The second-order valence-corrected chi connectivity index (χ2v) is 4.00. The standard InChI is InChI=1S/C11H15N3O3/c15-10(13-9-2-5-17-6-3-9)7-14-8-12-4-1-11(14)16/h1,4,8-9H,2-3,5-7H2,(H,13,15). The van der Waals surface area contributed by atoms with E-state index in [1.807, 2.05) is 0 Å². The Bertz CT molecular complexity index is 438. The Hall–Kier alpha value is -1.69. The fourth-order valence-electron chi connectivity index (χ4n) is 1.77. The zero-order valence-electron chi connectivity index (χ0n) is 9.46. The molecule has 0 spiro atoms. The van der Waals surface area contributed by atoms with Gasteiger partial charge >= 0.3 is 0 Å². The minimum absolute atomic E-state index is 0.0179. The summed E-state index contributed by atoms with van der Waals surface area (Å²) >= 11 is 0. The molecule has 1 aromatic heterocycles. The number of ether oxygens (including phenoxy) is 1. The molecule has 1 amide bonds. The maximum Gasteiger partial charge on any atom is 0.253 e. The summed E-state index contributed by atoms with van der Waals surface area (Å²) in [5.41, 5.74) is -0.220. The summed E-state index contributed by atoms with van der Waals surface area (Å²) in [6.45, 7) is 1.37. The smallest absolute Gasteiger partial charge is 0.253 e. The van der Waals surface area contributed by atoms with E-state index in [2.05, 4.69) is 10.3 Å². The summed E-state index contributed by atoms with van der Waals surface area (Å²) in [7, 11) is 0. The third-order valence-corrected chi connectivity index (χ3v) is 2.69. The van der Waals surface area contributed by atoms with Crippen LogP contribution < -0.4 is 10.9 Å². The van der Waals surface area contributed by atoms with Gasteiger partial charge in [-0.2, -0.15) is 0 Å². The first-order valence-electron chi connectivity index (χ1n) is 5.63. The van der Waals surface area contributed by atoms with E-state index in [0.717, 1.165) is 12.8 Å². The quantitative estimate of drug-likeness (QED) is 0.772. The largest absolute Gasteiger partial charge is 0.381 e. The Morgan fingerprint density at radius 3 is 3.00 bits per heavy atom. The molecule has 1 aromatic rings. The van der Waals surface area contributed by atoms with Gasteiger partial charge in [0.1, 0.15) is 6.54 Å². The predicted octanol–water partition coefficient (Wildman–Crippen LogP) is -0.461. The number of amides is 1. The molecule has 0 atom stereocenters. The highest BCUT2D eigenvalue weighted by Crippen LogP contribution is 2.05. The van der Waals surface area contributed by atoms with Crippen LogP contribution in [-0.4, -0.2) is 34.7 Å². The molecule has 0 aromatic carbocycles. The first kappa shape index (κ1) is 11.8. The summed E-state index contributed by atoms with van der Waals surface area (Å²) in [4.78, 5) is 26.9. The molecule has 1 N–H and O–H groups in total. The molecule has 92 valence electrons. The number of nitrogens with one attached hydrogen (secondary N) is 1. The van der Waals surface area contributed by atoms with E-state index >= 15 is 0 Å². The summed E-state index contributed by atoms with van der Waals surface area (Å²) < 4.78 is 6.49. The molecule has 6 heteroatoms. The highest BCUT2D eigenvalue weighted by molar-refractivity contribution is 5.76. The molecular weight excluding hydrogens is 222 g/mol. The topological polar surface area (TPSA) is 73.2 Å². The van der Waals surface area contributed by atoms with Crippen LogP contribution in [0.5, 0.6) is 0 Å². The summed E-state index contributed by atoms with van der Waals surface area (Å²) in [5.74, 6) is -0.160. The Morgan fingerprint density at radius 2 is 2.29 bits per heavy atom. The van der Waals surface area contributed by atoms with Gasteiger partial charge in [0.2, 0.25) is 5.91 Å². The molecule has 0 radical (unpaired) electrons. The highest BCUT2D eigenvalue weighted by Gasteiger charge is 2.16. The van der Waals surface area contributed by atoms with Crippen LogP contribution in [0.15, 0.2) is 23.4 Å². The van der Waals surface area contributed by atoms with Crippen molar-refractivity contribution in [1.29, 1.82) is 0 Å². The summed E-state index contributed by atoms with van der Waals surface area (Å²) in [5, 5.41) is 2.89. The monoisotopic (exact) mass is 237 g/mol. The average molecular weight is 237 g/mol. The number of hydrogen-bond acceptors (Lipinski definition) is 4. The van der Waals surface area contributed by atoms with Gasteiger partial charge in [0.25, 0.3) is 5.56 Å². The third kappa shape index (κ3) is 3.39. The van der Waals surface area contributed by atoms with Crippen LogP contribution in [0.25, 0.3) is 0 Å². The van der Waals surface area contributed by atoms with Gasteiger partial charge in [-0.3, -0.25) is 14.2 Å². The maximum absolute atomic E-state index is 11.7. The van der Waals surface area contributed by atoms with Gasteiger partial charge in [-0.25, -0.2) is 4.98 Å². The molecule has 0 bridgehead atoms. The zero-order chi connectivity index (χ0) is 12.1. The summed E-state index contributed by atoms with van der Waals surface area (Å²) in [6.07, 6.45) is 4.43. The van der Waals surface area contributed by atoms with Crippen molar-refractivity contribution in [2.45, 2.75) is 25.4 Å². The van der Waals surface area contributed by atoms with Crippen molar-refractivity contribution in [3.8, 4) is 0 Å². The lowest BCUT2D eigenvalue weighted by atomic mass is 10.1. The van der Waals surface area contributed by atoms with E-state index < -0.39 is 0 Å². The second-order valence-electron chi connectivity index (χ2n) is 4.00. The molecule has 1 aliphatic rings. The number of aromatic nitrogens is 2. The fourth-order valence-corrected chi connectivity index (χ4v) is 1.77. The van der Waals surface area contributed by atoms with Crippen LogP contribution in [0, 0.1) is 0 Å². The molecule has 0 saturated carbocycles. The number of carbonyl (C=O) groups excluding carboxylic acids is 1. The van der Waals surface area contributed by atoms with Crippen LogP contribution in [0.1, 0.15) is 12.8 Å². The van der Waals surface area contributed by atoms with E-state index in [1.54, 1.807) is 0 Å². The number of nitrogens with zero attached hydrogens (tertiary/aromatic N) is 2. The molecule has 1 fully saturated rings. The molecule has 1 aliphatic heterocycles. The van der Waals surface area contributed by atoms with Crippen LogP contribution in [0.4, 0.5) is 0 Å². The van der Waals surface area contributed by atoms with Crippen molar-refractivity contribution in [3.63, 3.8) is 0 Å². The molecular formula is C11H15N3O3. The highest BCUT2D eigenvalue weighted by atomic mass is 16.5. The van der Waals surface area contributed by atoms with Crippen molar-refractivity contribution in [2.24, 2.45) is 0 Å². The van der Waals surface area contributed by atoms with Crippen LogP contribution in [-0.2, 0) is 16.1 Å². The van der Waals surface area contributed by atoms with E-state index in [1.165, 1.54) is 23.2 Å². The van der Waals surface area contributed by atoms with Crippen molar-refractivity contribution < 1.29 is 9.53 Å². The zero-order valence-corrected chi connectivity index (χ0v) is 9.46. The van der Waals surface area contributed by atoms with Gasteiger partial charge in [-0.15, -0.1) is 0 Å². The van der Waals surface area contributed by atoms with E-state index in [9.17, 15) is 9.59 Å². The van der Waals surface area contributed by atoms with Crippen LogP contribution >= 0.6 is 0 Å². The maximum atomic E-state index is 11.7. The van der Waals surface area contributed by atoms with Crippen molar-refractivity contribution in [3.05, 3.63) is 28.9 Å². The average Bonchev–Trinajstić information content (AvgIpc) is 2.33.